The minimum Gasteiger partial charge on any atom is -0.489 e. The summed E-state index contributed by atoms with van der Waals surface area (Å²) < 4.78 is 18.9. The lowest BCUT2D eigenvalue weighted by Crippen LogP contribution is -2.27. The summed E-state index contributed by atoms with van der Waals surface area (Å²) in [7, 11) is 0. The van der Waals surface area contributed by atoms with Gasteiger partial charge in [0.2, 0.25) is 0 Å². The molecular weight excluding hydrogens is 413 g/mol. The first kappa shape index (κ1) is 20.9. The van der Waals surface area contributed by atoms with Crippen molar-refractivity contribution in [2.45, 2.75) is 20.1 Å². The van der Waals surface area contributed by atoms with Crippen LogP contribution in [0.25, 0.3) is 6.08 Å². The number of nitrogens with zero attached hydrogens (tertiary/aromatic N) is 1. The van der Waals surface area contributed by atoms with E-state index in [2.05, 4.69) is 6.07 Å². The zero-order valence-corrected chi connectivity index (χ0v) is 17.7. The third-order valence-electron chi connectivity index (χ3n) is 4.79. The molecule has 0 spiro atoms. The molecule has 1 heterocycles. The highest BCUT2D eigenvalue weighted by molar-refractivity contribution is 8.18. The van der Waals surface area contributed by atoms with E-state index in [0.717, 1.165) is 28.6 Å². The van der Waals surface area contributed by atoms with E-state index in [4.69, 9.17) is 4.74 Å². The van der Waals surface area contributed by atoms with Crippen molar-refractivity contribution in [3.63, 3.8) is 0 Å². The second kappa shape index (κ2) is 9.18. The molecule has 4 nitrogen and oxygen atoms in total. The molecule has 31 heavy (non-hydrogen) atoms. The minimum atomic E-state index is -0.357. The Morgan fingerprint density at radius 1 is 0.968 bits per heavy atom. The molecule has 1 aliphatic rings. The number of carbonyl (C=O) groups is 2. The third-order valence-corrected chi connectivity index (χ3v) is 5.70. The first-order valence-electron chi connectivity index (χ1n) is 9.76. The zero-order valence-electron chi connectivity index (χ0n) is 16.9. The van der Waals surface area contributed by atoms with E-state index >= 15 is 0 Å². The number of benzene rings is 3. The van der Waals surface area contributed by atoms with Crippen LogP contribution in [-0.4, -0.2) is 16.0 Å². The van der Waals surface area contributed by atoms with E-state index in [1.54, 1.807) is 18.2 Å². The third kappa shape index (κ3) is 5.22. The fourth-order valence-electron chi connectivity index (χ4n) is 3.19. The summed E-state index contributed by atoms with van der Waals surface area (Å²) in [5.74, 6) is 0.0197. The van der Waals surface area contributed by atoms with Crippen LogP contribution in [0.1, 0.15) is 22.3 Å². The Labute approximate surface area is 184 Å². The molecule has 0 N–H and O–H groups in total. The van der Waals surface area contributed by atoms with Crippen molar-refractivity contribution < 1.29 is 18.7 Å². The number of hydrogen-bond donors (Lipinski definition) is 0. The Bertz CT molecular complexity index is 1140. The number of rotatable bonds is 6. The maximum absolute atomic E-state index is 13.1. The monoisotopic (exact) mass is 433 g/mol. The molecule has 3 aromatic rings. The van der Waals surface area contributed by atoms with Crippen molar-refractivity contribution in [3.8, 4) is 5.75 Å². The van der Waals surface area contributed by atoms with Crippen LogP contribution in [0.2, 0.25) is 0 Å². The second-order valence-corrected chi connectivity index (χ2v) is 8.23. The number of carbonyl (C=O) groups excluding carboxylic acids is 2. The molecule has 4 rings (SSSR count). The SMILES string of the molecule is Cc1cccc(COc2ccc(/C=C3\SC(=O)N(Cc4ccc(F)cc4)C3=O)cc2)c1. The van der Waals surface area contributed by atoms with Gasteiger partial charge < -0.3 is 4.74 Å². The van der Waals surface area contributed by atoms with Gasteiger partial charge >= 0.3 is 0 Å². The molecule has 1 aliphatic heterocycles. The van der Waals surface area contributed by atoms with Gasteiger partial charge in [-0.1, -0.05) is 54.1 Å². The van der Waals surface area contributed by atoms with Crippen molar-refractivity contribution in [3.05, 3.63) is 106 Å². The van der Waals surface area contributed by atoms with Gasteiger partial charge in [-0.3, -0.25) is 14.5 Å². The van der Waals surface area contributed by atoms with Crippen molar-refractivity contribution in [2.75, 3.05) is 0 Å². The van der Waals surface area contributed by atoms with E-state index in [1.165, 1.54) is 22.6 Å². The van der Waals surface area contributed by atoms with Crippen LogP contribution in [0, 0.1) is 12.7 Å². The number of imide groups is 1. The summed E-state index contributed by atoms with van der Waals surface area (Å²) in [5.41, 5.74) is 3.78. The van der Waals surface area contributed by atoms with Gasteiger partial charge in [0.15, 0.2) is 0 Å². The van der Waals surface area contributed by atoms with Crippen LogP contribution in [0.15, 0.2) is 77.7 Å². The second-order valence-electron chi connectivity index (χ2n) is 7.24. The van der Waals surface area contributed by atoms with Crippen molar-refractivity contribution in [2.24, 2.45) is 0 Å². The number of thioether (sulfide) groups is 1. The Morgan fingerprint density at radius 3 is 2.42 bits per heavy atom. The number of ether oxygens (including phenoxy) is 1. The Kier molecular flexibility index (Phi) is 6.18. The van der Waals surface area contributed by atoms with Crippen LogP contribution < -0.4 is 4.74 Å². The molecular formula is C25H20FNO3S. The normalized spacial score (nSPS) is 15.0. The lowest BCUT2D eigenvalue weighted by atomic mass is 10.1. The number of halogens is 1. The van der Waals surface area contributed by atoms with Gasteiger partial charge in [0.1, 0.15) is 18.2 Å². The number of hydrogen-bond acceptors (Lipinski definition) is 4. The molecule has 0 aromatic heterocycles. The van der Waals surface area contributed by atoms with Crippen LogP contribution in [0.3, 0.4) is 0 Å². The molecule has 0 aliphatic carbocycles. The molecule has 0 bridgehead atoms. The van der Waals surface area contributed by atoms with Crippen LogP contribution in [0.5, 0.6) is 5.75 Å². The highest BCUT2D eigenvalue weighted by Crippen LogP contribution is 2.33. The first-order valence-corrected chi connectivity index (χ1v) is 10.6. The Morgan fingerprint density at radius 2 is 1.71 bits per heavy atom. The largest absolute Gasteiger partial charge is 0.489 e. The summed E-state index contributed by atoms with van der Waals surface area (Å²) in [6, 6.07) is 21.3. The number of amides is 2. The Balaban J connectivity index is 1.40. The number of aryl methyl sites for hydroxylation is 1. The van der Waals surface area contributed by atoms with Gasteiger partial charge in [0.05, 0.1) is 11.4 Å². The predicted octanol–water partition coefficient (Wildman–Crippen LogP) is 5.95. The van der Waals surface area contributed by atoms with Gasteiger partial charge in [-0.15, -0.1) is 0 Å². The average Bonchev–Trinajstić information content (AvgIpc) is 3.02. The smallest absolute Gasteiger partial charge is 0.293 e. The summed E-state index contributed by atoms with van der Waals surface area (Å²) in [6.45, 7) is 2.64. The van der Waals surface area contributed by atoms with E-state index in [9.17, 15) is 14.0 Å². The van der Waals surface area contributed by atoms with Gasteiger partial charge in [0.25, 0.3) is 11.1 Å². The minimum absolute atomic E-state index is 0.119. The van der Waals surface area contributed by atoms with Gasteiger partial charge in [-0.25, -0.2) is 4.39 Å². The molecule has 2 amide bonds. The maximum atomic E-state index is 13.1. The molecule has 3 aromatic carbocycles. The molecule has 1 saturated heterocycles. The fourth-order valence-corrected chi connectivity index (χ4v) is 4.03. The van der Waals surface area contributed by atoms with E-state index in [0.29, 0.717) is 17.1 Å². The lowest BCUT2D eigenvalue weighted by Gasteiger charge is -2.12. The fraction of sp³-hybridized carbons (Fsp3) is 0.120. The van der Waals surface area contributed by atoms with Gasteiger partial charge in [0, 0.05) is 0 Å². The summed E-state index contributed by atoms with van der Waals surface area (Å²) >= 11 is 0.905. The lowest BCUT2D eigenvalue weighted by molar-refractivity contribution is -0.123. The van der Waals surface area contributed by atoms with Crippen molar-refractivity contribution >= 4 is 29.0 Å². The summed E-state index contributed by atoms with van der Waals surface area (Å²) in [4.78, 5) is 26.5. The molecule has 0 saturated carbocycles. The van der Waals surface area contributed by atoms with E-state index in [1.807, 2.05) is 49.4 Å². The maximum Gasteiger partial charge on any atom is 0.293 e. The summed E-state index contributed by atoms with van der Waals surface area (Å²) in [6.07, 6.45) is 1.69. The predicted molar refractivity (Wildman–Crippen MR) is 120 cm³/mol. The highest BCUT2D eigenvalue weighted by atomic mass is 32.2. The highest BCUT2D eigenvalue weighted by Gasteiger charge is 2.34. The molecule has 156 valence electrons. The molecule has 0 radical (unpaired) electrons. The topological polar surface area (TPSA) is 46.6 Å². The molecule has 0 unspecified atom stereocenters. The van der Waals surface area contributed by atoms with E-state index < -0.39 is 0 Å². The summed E-state index contributed by atoms with van der Waals surface area (Å²) in [5, 5.41) is -0.335. The molecule has 0 atom stereocenters. The van der Waals surface area contributed by atoms with E-state index in [-0.39, 0.29) is 23.5 Å². The van der Waals surface area contributed by atoms with Gasteiger partial charge in [-0.2, -0.15) is 0 Å². The van der Waals surface area contributed by atoms with Crippen LogP contribution in [-0.2, 0) is 17.9 Å². The van der Waals surface area contributed by atoms with Crippen LogP contribution >= 0.6 is 11.8 Å². The molecule has 1 fully saturated rings. The van der Waals surface area contributed by atoms with Crippen LogP contribution in [0.4, 0.5) is 9.18 Å². The van der Waals surface area contributed by atoms with Crippen molar-refractivity contribution in [1.82, 2.24) is 4.90 Å². The quantitative estimate of drug-likeness (QED) is 0.451. The average molecular weight is 434 g/mol. The standard InChI is InChI=1S/C25H20FNO3S/c1-17-3-2-4-20(13-17)16-30-22-11-7-18(8-12-22)14-23-24(28)27(25(29)31-23)15-19-5-9-21(26)10-6-19/h2-14H,15-16H2,1H3/b23-14-. The first-order chi connectivity index (χ1) is 15.0. The van der Waals surface area contributed by atoms with Gasteiger partial charge in [-0.05, 0) is 65.7 Å². The Hall–Kier alpha value is -3.38. The zero-order chi connectivity index (χ0) is 21.8. The van der Waals surface area contributed by atoms with Crippen molar-refractivity contribution in [1.29, 1.82) is 0 Å². The molecule has 6 heteroatoms.